The number of nitrogens with two attached hydrogens (primary N) is 1. The topological polar surface area (TPSA) is 63.8 Å². The fourth-order valence-electron chi connectivity index (χ4n) is 2.10. The third kappa shape index (κ3) is 2.92. The van der Waals surface area contributed by atoms with Crippen LogP contribution in [0.3, 0.4) is 0 Å². The second-order valence-corrected chi connectivity index (χ2v) is 4.30. The number of anilines is 1. The summed E-state index contributed by atoms with van der Waals surface area (Å²) in [6, 6.07) is 0. The summed E-state index contributed by atoms with van der Waals surface area (Å²) >= 11 is 0. The number of nitrogens with one attached hydrogen (secondary N) is 1. The molecule has 0 bridgehead atoms. The molecule has 0 saturated heterocycles. The average Bonchev–Trinajstić information content (AvgIpc) is 2.28. The van der Waals surface area contributed by atoms with Crippen molar-refractivity contribution in [3.05, 3.63) is 17.5 Å². The van der Waals surface area contributed by atoms with Crippen LogP contribution < -0.4 is 11.1 Å². The highest BCUT2D eigenvalue weighted by Gasteiger charge is 2.09. The minimum absolute atomic E-state index is 0.612. The molecule has 0 unspecified atom stereocenters. The first-order valence-corrected chi connectivity index (χ1v) is 6.19. The smallest absolute Gasteiger partial charge is 0.222 e. The van der Waals surface area contributed by atoms with Crippen molar-refractivity contribution in [2.75, 3.05) is 18.4 Å². The van der Waals surface area contributed by atoms with Crippen molar-refractivity contribution in [2.24, 2.45) is 5.73 Å². The minimum atomic E-state index is 0.612. The summed E-state index contributed by atoms with van der Waals surface area (Å²) in [6.07, 6.45) is 9.39. The van der Waals surface area contributed by atoms with Crippen molar-refractivity contribution in [1.29, 1.82) is 0 Å². The molecule has 1 heterocycles. The lowest BCUT2D eigenvalue weighted by Crippen LogP contribution is -2.16. The Hall–Kier alpha value is -1.16. The molecule has 88 valence electrons. The largest absolute Gasteiger partial charge is 0.353 e. The molecule has 1 aromatic heterocycles. The molecule has 0 saturated carbocycles. The maximum Gasteiger partial charge on any atom is 0.222 e. The molecule has 0 aromatic carbocycles. The summed E-state index contributed by atoms with van der Waals surface area (Å²) in [5, 5.41) is 3.13. The van der Waals surface area contributed by atoms with E-state index in [0.717, 1.165) is 25.3 Å². The van der Waals surface area contributed by atoms with Gasteiger partial charge in [0.05, 0.1) is 0 Å². The van der Waals surface area contributed by atoms with Gasteiger partial charge in [-0.3, -0.25) is 0 Å². The van der Waals surface area contributed by atoms with Crippen molar-refractivity contribution in [3.63, 3.8) is 0 Å². The van der Waals surface area contributed by atoms with E-state index in [1.54, 1.807) is 0 Å². The zero-order valence-electron chi connectivity index (χ0n) is 9.71. The Morgan fingerprint density at radius 1 is 1.19 bits per heavy atom. The Kier molecular flexibility index (Phi) is 4.10. The van der Waals surface area contributed by atoms with E-state index in [1.807, 2.05) is 6.20 Å². The van der Waals surface area contributed by atoms with Gasteiger partial charge in [-0.2, -0.15) is 0 Å². The highest BCUT2D eigenvalue weighted by molar-refractivity contribution is 5.30. The van der Waals surface area contributed by atoms with Crippen molar-refractivity contribution >= 4 is 5.95 Å². The van der Waals surface area contributed by atoms with Crippen LogP contribution in [0.15, 0.2) is 6.20 Å². The summed E-state index contributed by atoms with van der Waals surface area (Å²) in [6.45, 7) is 1.35. The van der Waals surface area contributed by atoms with Gasteiger partial charge in [-0.15, -0.1) is 0 Å². The van der Waals surface area contributed by atoms with E-state index in [1.165, 1.54) is 36.9 Å². The maximum absolute atomic E-state index is 5.44. The lowest BCUT2D eigenvalue weighted by atomic mass is 9.98. The quantitative estimate of drug-likeness (QED) is 0.810. The van der Waals surface area contributed by atoms with E-state index >= 15 is 0 Å². The molecule has 16 heavy (non-hydrogen) atoms. The van der Waals surface area contributed by atoms with E-state index in [2.05, 4.69) is 15.3 Å². The molecule has 0 radical (unpaired) electrons. The number of fused-ring (bicyclic) bond motifs is 1. The molecule has 4 heteroatoms. The third-order valence-electron chi connectivity index (χ3n) is 2.99. The highest BCUT2D eigenvalue weighted by atomic mass is 15.1. The summed E-state index contributed by atoms with van der Waals surface area (Å²) in [7, 11) is 0. The van der Waals surface area contributed by atoms with Crippen LogP contribution in [0.4, 0.5) is 5.95 Å². The number of rotatable bonds is 3. The van der Waals surface area contributed by atoms with E-state index in [0.29, 0.717) is 6.54 Å². The molecule has 0 amide bonds. The predicted molar refractivity (Wildman–Crippen MR) is 65.5 cm³/mol. The first-order valence-electron chi connectivity index (χ1n) is 6.19. The van der Waals surface area contributed by atoms with Crippen molar-refractivity contribution < 1.29 is 0 Å². The molecule has 1 aliphatic rings. The minimum Gasteiger partial charge on any atom is -0.353 e. The summed E-state index contributed by atoms with van der Waals surface area (Å²) < 4.78 is 0. The molecule has 3 N–H and O–H groups in total. The zero-order chi connectivity index (χ0) is 11.2. The second kappa shape index (κ2) is 5.80. The molecule has 0 spiro atoms. The monoisotopic (exact) mass is 220 g/mol. The summed E-state index contributed by atoms with van der Waals surface area (Å²) in [5.74, 6) is 0.727. The van der Waals surface area contributed by atoms with Crippen molar-refractivity contribution in [1.82, 2.24) is 9.97 Å². The Bertz CT molecular complexity index is 338. The number of hydrogen-bond acceptors (Lipinski definition) is 4. The van der Waals surface area contributed by atoms with Gasteiger partial charge in [-0.25, -0.2) is 9.97 Å². The first kappa shape index (κ1) is 11.3. The van der Waals surface area contributed by atoms with Gasteiger partial charge in [0.1, 0.15) is 0 Å². The third-order valence-corrected chi connectivity index (χ3v) is 2.99. The van der Waals surface area contributed by atoms with Gasteiger partial charge >= 0.3 is 0 Å². The van der Waals surface area contributed by atoms with Gasteiger partial charge in [-0.05, 0) is 31.2 Å². The van der Waals surface area contributed by atoms with Gasteiger partial charge in [0, 0.05) is 25.0 Å². The van der Waals surface area contributed by atoms with Gasteiger partial charge in [0.2, 0.25) is 5.95 Å². The molecular formula is C12H20N4. The van der Waals surface area contributed by atoms with Gasteiger partial charge < -0.3 is 11.1 Å². The lowest BCUT2D eigenvalue weighted by molar-refractivity contribution is 0.606. The fraction of sp³-hybridized carbons (Fsp3) is 0.667. The van der Waals surface area contributed by atoms with Crippen LogP contribution in [0.1, 0.15) is 36.9 Å². The van der Waals surface area contributed by atoms with E-state index in [4.69, 9.17) is 5.73 Å². The van der Waals surface area contributed by atoms with Crippen molar-refractivity contribution in [2.45, 2.75) is 38.5 Å². The van der Waals surface area contributed by atoms with E-state index in [9.17, 15) is 0 Å². The fourth-order valence-corrected chi connectivity index (χ4v) is 2.10. The second-order valence-electron chi connectivity index (χ2n) is 4.30. The predicted octanol–water partition coefficient (Wildman–Crippen LogP) is 1.51. The van der Waals surface area contributed by atoms with Crippen LogP contribution in [0.2, 0.25) is 0 Å². The molecule has 0 atom stereocenters. The zero-order valence-corrected chi connectivity index (χ0v) is 9.71. The van der Waals surface area contributed by atoms with E-state index < -0.39 is 0 Å². The van der Waals surface area contributed by atoms with Crippen LogP contribution in [0.25, 0.3) is 0 Å². The maximum atomic E-state index is 5.44. The van der Waals surface area contributed by atoms with Gasteiger partial charge in [0.15, 0.2) is 0 Å². The molecule has 4 nitrogen and oxygen atoms in total. The van der Waals surface area contributed by atoms with Crippen LogP contribution in [0, 0.1) is 0 Å². The first-order chi connectivity index (χ1) is 7.90. The Morgan fingerprint density at radius 2 is 2.00 bits per heavy atom. The molecule has 1 aromatic rings. The number of aromatic nitrogens is 2. The number of hydrogen-bond donors (Lipinski definition) is 2. The lowest BCUT2D eigenvalue weighted by Gasteiger charge is -2.13. The number of aryl methyl sites for hydroxylation is 2. The number of nitrogens with zero attached hydrogens (tertiary/aromatic N) is 2. The SMILES string of the molecule is NCCNc1ncc2c(n1)CCCCCC2. The van der Waals surface area contributed by atoms with Gasteiger partial charge in [-0.1, -0.05) is 12.8 Å². The van der Waals surface area contributed by atoms with Crippen LogP contribution in [0.5, 0.6) is 0 Å². The molecular weight excluding hydrogens is 200 g/mol. The normalized spacial score (nSPS) is 16.1. The van der Waals surface area contributed by atoms with E-state index in [-0.39, 0.29) is 0 Å². The standard InChI is InChI=1S/C12H20N4/c13-7-8-14-12-15-9-10-5-3-1-2-4-6-11(10)16-12/h9H,1-8,13H2,(H,14,15,16). The molecule has 0 aliphatic heterocycles. The average molecular weight is 220 g/mol. The molecule has 2 rings (SSSR count). The molecule has 1 aliphatic carbocycles. The van der Waals surface area contributed by atoms with Gasteiger partial charge in [0.25, 0.3) is 0 Å². The summed E-state index contributed by atoms with van der Waals surface area (Å²) in [4.78, 5) is 8.90. The van der Waals surface area contributed by atoms with Crippen LogP contribution in [-0.4, -0.2) is 23.1 Å². The molecule has 0 fully saturated rings. The summed E-state index contributed by atoms with van der Waals surface area (Å²) in [5.41, 5.74) is 8.00. The van der Waals surface area contributed by atoms with Crippen molar-refractivity contribution in [3.8, 4) is 0 Å². The Labute approximate surface area is 96.7 Å². The highest BCUT2D eigenvalue weighted by Crippen LogP contribution is 2.18. The van der Waals surface area contributed by atoms with Crippen LogP contribution >= 0.6 is 0 Å². The Morgan fingerprint density at radius 3 is 2.81 bits per heavy atom. The Balaban J connectivity index is 2.11. The van der Waals surface area contributed by atoms with Crippen LogP contribution in [-0.2, 0) is 12.8 Å².